The lowest BCUT2D eigenvalue weighted by Gasteiger charge is -2.04. The summed E-state index contributed by atoms with van der Waals surface area (Å²) in [7, 11) is 1.33. The van der Waals surface area contributed by atoms with Crippen LogP contribution in [0.2, 0.25) is 10.0 Å². The van der Waals surface area contributed by atoms with Gasteiger partial charge >= 0.3 is 11.6 Å². The van der Waals surface area contributed by atoms with Crippen LogP contribution in [-0.2, 0) is 6.54 Å². The molecule has 0 aliphatic carbocycles. The van der Waals surface area contributed by atoms with Gasteiger partial charge in [0.15, 0.2) is 0 Å². The third-order valence-electron chi connectivity index (χ3n) is 2.45. The van der Waals surface area contributed by atoms with E-state index in [0.29, 0.717) is 16.6 Å². The van der Waals surface area contributed by atoms with E-state index in [2.05, 4.69) is 5.10 Å². The number of benzene rings is 1. The molecule has 19 heavy (non-hydrogen) atoms. The SMILES string of the molecule is COc1nn(Cc2ccc(Cl)cc2Cl)cc1[N+](=O)[O-]. The van der Waals surface area contributed by atoms with Crippen LogP contribution in [0.5, 0.6) is 5.88 Å². The molecule has 8 heteroatoms. The molecule has 0 radical (unpaired) electrons. The zero-order valence-corrected chi connectivity index (χ0v) is 11.4. The van der Waals surface area contributed by atoms with E-state index in [4.69, 9.17) is 27.9 Å². The second kappa shape index (κ2) is 5.46. The number of ether oxygens (including phenoxy) is 1. The van der Waals surface area contributed by atoms with Crippen LogP contribution in [0.3, 0.4) is 0 Å². The third-order valence-corrected chi connectivity index (χ3v) is 3.03. The van der Waals surface area contributed by atoms with Crippen molar-refractivity contribution in [2.45, 2.75) is 6.54 Å². The second-order valence-electron chi connectivity index (χ2n) is 3.71. The van der Waals surface area contributed by atoms with Crippen molar-refractivity contribution in [1.29, 1.82) is 0 Å². The number of nitro groups is 1. The van der Waals surface area contributed by atoms with Gasteiger partial charge in [0.05, 0.1) is 18.6 Å². The Morgan fingerprint density at radius 2 is 2.21 bits per heavy atom. The normalized spacial score (nSPS) is 10.5. The Hall–Kier alpha value is -1.79. The van der Waals surface area contributed by atoms with Gasteiger partial charge in [-0.3, -0.25) is 14.8 Å². The van der Waals surface area contributed by atoms with Crippen LogP contribution in [-0.4, -0.2) is 21.8 Å². The third kappa shape index (κ3) is 2.97. The number of halogens is 2. The van der Waals surface area contributed by atoms with Crippen molar-refractivity contribution in [2.24, 2.45) is 0 Å². The zero-order chi connectivity index (χ0) is 14.0. The van der Waals surface area contributed by atoms with E-state index < -0.39 is 4.92 Å². The molecule has 0 unspecified atom stereocenters. The molecule has 0 atom stereocenters. The molecule has 0 saturated heterocycles. The first-order valence-corrected chi connectivity index (χ1v) is 5.96. The minimum Gasteiger partial charge on any atom is -0.475 e. The highest BCUT2D eigenvalue weighted by Crippen LogP contribution is 2.26. The van der Waals surface area contributed by atoms with Crippen LogP contribution >= 0.6 is 23.2 Å². The molecule has 0 saturated carbocycles. The molecule has 0 aliphatic rings. The van der Waals surface area contributed by atoms with Crippen LogP contribution in [0.25, 0.3) is 0 Å². The summed E-state index contributed by atoms with van der Waals surface area (Å²) in [5.74, 6) is -0.0323. The molecular formula is C11H9Cl2N3O3. The van der Waals surface area contributed by atoms with Gasteiger partial charge in [-0.05, 0) is 17.7 Å². The van der Waals surface area contributed by atoms with Crippen LogP contribution < -0.4 is 4.74 Å². The monoisotopic (exact) mass is 301 g/mol. The van der Waals surface area contributed by atoms with E-state index in [1.54, 1.807) is 18.2 Å². The van der Waals surface area contributed by atoms with Crippen LogP contribution in [0.4, 0.5) is 5.69 Å². The lowest BCUT2D eigenvalue weighted by Crippen LogP contribution is -2.01. The summed E-state index contributed by atoms with van der Waals surface area (Å²) < 4.78 is 6.24. The zero-order valence-electron chi connectivity index (χ0n) is 9.84. The molecule has 0 spiro atoms. The summed E-state index contributed by atoms with van der Waals surface area (Å²) in [5.41, 5.74) is 0.568. The van der Waals surface area contributed by atoms with Gasteiger partial charge in [0, 0.05) is 10.0 Å². The highest BCUT2D eigenvalue weighted by molar-refractivity contribution is 6.35. The Morgan fingerprint density at radius 1 is 1.47 bits per heavy atom. The average Bonchev–Trinajstić information content (AvgIpc) is 2.76. The summed E-state index contributed by atoms with van der Waals surface area (Å²) >= 11 is 11.8. The average molecular weight is 302 g/mol. The predicted molar refractivity (Wildman–Crippen MR) is 71.0 cm³/mol. The second-order valence-corrected chi connectivity index (χ2v) is 4.56. The number of rotatable bonds is 4. The lowest BCUT2D eigenvalue weighted by molar-refractivity contribution is -0.385. The Morgan fingerprint density at radius 3 is 2.74 bits per heavy atom. The Bertz CT molecular complexity index is 628. The highest BCUT2D eigenvalue weighted by Gasteiger charge is 2.20. The molecule has 0 fully saturated rings. The maximum atomic E-state index is 10.8. The molecule has 0 bridgehead atoms. The molecule has 0 aliphatic heterocycles. The lowest BCUT2D eigenvalue weighted by atomic mass is 10.2. The predicted octanol–water partition coefficient (Wildman–Crippen LogP) is 3.16. The van der Waals surface area contributed by atoms with E-state index in [0.717, 1.165) is 5.56 Å². The number of hydrogen-bond acceptors (Lipinski definition) is 4. The molecule has 6 nitrogen and oxygen atoms in total. The largest absolute Gasteiger partial charge is 0.475 e. The fraction of sp³-hybridized carbons (Fsp3) is 0.182. The smallest absolute Gasteiger partial charge is 0.350 e. The van der Waals surface area contributed by atoms with Gasteiger partial charge in [-0.1, -0.05) is 29.3 Å². The number of methoxy groups -OCH3 is 1. The summed E-state index contributed by atoms with van der Waals surface area (Å²) in [6.45, 7) is 0.292. The van der Waals surface area contributed by atoms with Crippen LogP contribution in [0, 0.1) is 10.1 Å². The summed E-state index contributed by atoms with van der Waals surface area (Å²) in [6, 6.07) is 5.04. The van der Waals surface area contributed by atoms with Crippen molar-refractivity contribution in [1.82, 2.24) is 9.78 Å². The summed E-state index contributed by atoms with van der Waals surface area (Å²) in [6.07, 6.45) is 1.30. The Balaban J connectivity index is 2.31. The van der Waals surface area contributed by atoms with E-state index in [9.17, 15) is 10.1 Å². The van der Waals surface area contributed by atoms with E-state index in [1.807, 2.05) is 0 Å². The number of aromatic nitrogens is 2. The van der Waals surface area contributed by atoms with Crippen LogP contribution in [0.1, 0.15) is 5.56 Å². The van der Waals surface area contributed by atoms with E-state index in [1.165, 1.54) is 18.0 Å². The van der Waals surface area contributed by atoms with Crippen molar-refractivity contribution < 1.29 is 9.66 Å². The quantitative estimate of drug-likeness (QED) is 0.642. The minimum atomic E-state index is -0.550. The number of hydrogen-bond donors (Lipinski definition) is 0. The van der Waals surface area contributed by atoms with Gasteiger partial charge in [0.1, 0.15) is 6.20 Å². The van der Waals surface area contributed by atoms with Crippen molar-refractivity contribution in [3.05, 3.63) is 50.1 Å². The van der Waals surface area contributed by atoms with Gasteiger partial charge in [0.2, 0.25) is 0 Å². The van der Waals surface area contributed by atoms with Gasteiger partial charge in [0.25, 0.3) is 0 Å². The molecule has 2 aromatic rings. The van der Waals surface area contributed by atoms with Gasteiger partial charge in [-0.2, -0.15) is 0 Å². The fourth-order valence-corrected chi connectivity index (χ4v) is 2.04. The summed E-state index contributed by atoms with van der Waals surface area (Å²) in [5, 5.41) is 15.8. The van der Waals surface area contributed by atoms with Gasteiger partial charge in [-0.25, -0.2) is 0 Å². The summed E-state index contributed by atoms with van der Waals surface area (Å²) in [4.78, 5) is 10.2. The molecule has 2 rings (SSSR count). The molecule has 0 N–H and O–H groups in total. The maximum Gasteiger partial charge on any atom is 0.350 e. The molecule has 100 valence electrons. The molecule has 0 amide bonds. The molecule has 1 aromatic heterocycles. The van der Waals surface area contributed by atoms with Crippen LogP contribution in [0.15, 0.2) is 24.4 Å². The topological polar surface area (TPSA) is 70.2 Å². The minimum absolute atomic E-state index is 0.0323. The fourth-order valence-electron chi connectivity index (χ4n) is 1.57. The molecule has 1 heterocycles. The first kappa shape index (κ1) is 13.6. The molecule has 1 aromatic carbocycles. The first-order valence-electron chi connectivity index (χ1n) is 5.21. The van der Waals surface area contributed by atoms with Crippen molar-refractivity contribution in [3.8, 4) is 5.88 Å². The Labute approximate surface area is 118 Å². The van der Waals surface area contributed by atoms with Gasteiger partial charge in [-0.15, -0.1) is 5.10 Å². The van der Waals surface area contributed by atoms with Crippen molar-refractivity contribution in [3.63, 3.8) is 0 Å². The highest BCUT2D eigenvalue weighted by atomic mass is 35.5. The Kier molecular flexibility index (Phi) is 3.92. The maximum absolute atomic E-state index is 10.8. The van der Waals surface area contributed by atoms with E-state index in [-0.39, 0.29) is 11.6 Å². The van der Waals surface area contributed by atoms with E-state index >= 15 is 0 Å². The van der Waals surface area contributed by atoms with Gasteiger partial charge < -0.3 is 4.74 Å². The number of nitrogens with zero attached hydrogens (tertiary/aromatic N) is 3. The van der Waals surface area contributed by atoms with Crippen molar-refractivity contribution >= 4 is 28.9 Å². The first-order chi connectivity index (χ1) is 9.01. The van der Waals surface area contributed by atoms with Crippen molar-refractivity contribution in [2.75, 3.05) is 7.11 Å². The molecular weight excluding hydrogens is 293 g/mol. The standard InChI is InChI=1S/C11H9Cl2N3O3/c1-19-11-10(16(17)18)6-15(14-11)5-7-2-3-8(12)4-9(7)13/h2-4,6H,5H2,1H3.